The minimum absolute atomic E-state index is 0.498. The average molecular weight is 251 g/mol. The summed E-state index contributed by atoms with van der Waals surface area (Å²) in [5, 5.41) is 2.46. The SMILES string of the molecule is FCc1cccc(Cc2ccc3ccccc3c2)n1. The number of fused-ring (bicyclic) bond motifs is 1. The summed E-state index contributed by atoms with van der Waals surface area (Å²) in [5.41, 5.74) is 2.60. The van der Waals surface area contributed by atoms with Crippen molar-refractivity contribution in [2.24, 2.45) is 0 Å². The Morgan fingerprint density at radius 3 is 2.42 bits per heavy atom. The van der Waals surface area contributed by atoms with Gasteiger partial charge in [-0.2, -0.15) is 0 Å². The highest BCUT2D eigenvalue weighted by molar-refractivity contribution is 5.83. The van der Waals surface area contributed by atoms with Crippen LogP contribution >= 0.6 is 0 Å². The maximum absolute atomic E-state index is 12.6. The fraction of sp³-hybridized carbons (Fsp3) is 0.118. The van der Waals surface area contributed by atoms with Crippen molar-refractivity contribution in [1.29, 1.82) is 0 Å². The van der Waals surface area contributed by atoms with E-state index in [0.717, 1.165) is 12.1 Å². The van der Waals surface area contributed by atoms with E-state index in [1.807, 2.05) is 24.3 Å². The Kier molecular flexibility index (Phi) is 3.23. The van der Waals surface area contributed by atoms with Crippen molar-refractivity contribution in [2.45, 2.75) is 13.1 Å². The molecule has 0 bridgehead atoms. The third-order valence-corrected chi connectivity index (χ3v) is 3.20. The molecule has 0 atom stereocenters. The van der Waals surface area contributed by atoms with Gasteiger partial charge < -0.3 is 0 Å². The first-order valence-electron chi connectivity index (χ1n) is 6.33. The van der Waals surface area contributed by atoms with Crippen LogP contribution in [0.4, 0.5) is 4.39 Å². The number of rotatable bonds is 3. The number of nitrogens with zero attached hydrogens (tertiary/aromatic N) is 1. The fourth-order valence-electron chi connectivity index (χ4n) is 2.26. The van der Waals surface area contributed by atoms with Gasteiger partial charge in [0.15, 0.2) is 0 Å². The molecule has 0 aliphatic rings. The zero-order valence-electron chi connectivity index (χ0n) is 10.5. The smallest absolute Gasteiger partial charge is 0.131 e. The zero-order chi connectivity index (χ0) is 13.1. The van der Waals surface area contributed by atoms with Gasteiger partial charge in [0.1, 0.15) is 6.67 Å². The van der Waals surface area contributed by atoms with Crippen molar-refractivity contribution in [2.75, 3.05) is 0 Å². The van der Waals surface area contributed by atoms with Crippen molar-refractivity contribution in [1.82, 2.24) is 4.98 Å². The second-order valence-electron chi connectivity index (χ2n) is 4.61. The Morgan fingerprint density at radius 2 is 1.58 bits per heavy atom. The quantitative estimate of drug-likeness (QED) is 0.676. The summed E-state index contributed by atoms with van der Waals surface area (Å²) < 4.78 is 12.6. The van der Waals surface area contributed by atoms with E-state index in [0.29, 0.717) is 5.69 Å². The van der Waals surface area contributed by atoms with E-state index < -0.39 is 6.67 Å². The maximum Gasteiger partial charge on any atom is 0.131 e. The van der Waals surface area contributed by atoms with E-state index >= 15 is 0 Å². The number of hydrogen-bond donors (Lipinski definition) is 0. The standard InChI is InChI=1S/C17H14FN/c18-12-17-7-3-6-16(19-17)11-13-8-9-14-4-1-2-5-15(14)10-13/h1-10H,11-12H2. The van der Waals surface area contributed by atoms with Crippen LogP contribution in [-0.4, -0.2) is 4.98 Å². The van der Waals surface area contributed by atoms with Crippen molar-refractivity contribution in [3.8, 4) is 0 Å². The lowest BCUT2D eigenvalue weighted by molar-refractivity contribution is 0.475. The Hall–Kier alpha value is -2.22. The summed E-state index contributed by atoms with van der Waals surface area (Å²) in [5.74, 6) is 0. The largest absolute Gasteiger partial charge is 0.255 e. The van der Waals surface area contributed by atoms with Crippen molar-refractivity contribution in [3.63, 3.8) is 0 Å². The average Bonchev–Trinajstić information content (AvgIpc) is 2.47. The number of benzene rings is 2. The molecule has 0 radical (unpaired) electrons. The second-order valence-corrected chi connectivity index (χ2v) is 4.61. The fourth-order valence-corrected chi connectivity index (χ4v) is 2.26. The number of alkyl halides is 1. The molecule has 0 fully saturated rings. The molecule has 3 rings (SSSR count). The Labute approximate surface area is 111 Å². The molecule has 0 amide bonds. The van der Waals surface area contributed by atoms with Gasteiger partial charge in [0.05, 0.1) is 5.69 Å². The number of halogens is 1. The maximum atomic E-state index is 12.6. The Bertz CT molecular complexity index is 706. The summed E-state index contributed by atoms with van der Waals surface area (Å²) in [7, 11) is 0. The van der Waals surface area contributed by atoms with Gasteiger partial charge in [0.2, 0.25) is 0 Å². The van der Waals surface area contributed by atoms with Gasteiger partial charge >= 0.3 is 0 Å². The molecule has 0 aliphatic carbocycles. The van der Waals surface area contributed by atoms with Crippen LogP contribution in [0.25, 0.3) is 10.8 Å². The normalized spacial score (nSPS) is 10.8. The molecule has 0 aliphatic heterocycles. The first-order chi connectivity index (χ1) is 9.35. The van der Waals surface area contributed by atoms with Crippen molar-refractivity contribution < 1.29 is 4.39 Å². The van der Waals surface area contributed by atoms with Crippen LogP contribution in [0.5, 0.6) is 0 Å². The third-order valence-electron chi connectivity index (χ3n) is 3.20. The summed E-state index contributed by atoms with van der Waals surface area (Å²) in [6.07, 6.45) is 0.735. The lowest BCUT2D eigenvalue weighted by atomic mass is 10.0. The van der Waals surface area contributed by atoms with Crippen LogP contribution in [0.1, 0.15) is 17.0 Å². The molecule has 0 unspecified atom stereocenters. The summed E-state index contributed by atoms with van der Waals surface area (Å²) in [4.78, 5) is 4.29. The molecule has 94 valence electrons. The van der Waals surface area contributed by atoms with Crippen LogP contribution in [-0.2, 0) is 13.1 Å². The van der Waals surface area contributed by atoms with E-state index in [1.165, 1.54) is 16.3 Å². The molecule has 2 heteroatoms. The van der Waals surface area contributed by atoms with E-state index in [2.05, 4.69) is 35.3 Å². The second kappa shape index (κ2) is 5.19. The predicted molar refractivity (Wildman–Crippen MR) is 75.8 cm³/mol. The van der Waals surface area contributed by atoms with Crippen LogP contribution in [0.15, 0.2) is 60.7 Å². The van der Waals surface area contributed by atoms with E-state index in [-0.39, 0.29) is 0 Å². The minimum Gasteiger partial charge on any atom is -0.255 e. The van der Waals surface area contributed by atoms with Gasteiger partial charge in [0, 0.05) is 12.1 Å². The van der Waals surface area contributed by atoms with Crippen LogP contribution in [0, 0.1) is 0 Å². The Balaban J connectivity index is 1.92. The van der Waals surface area contributed by atoms with Crippen LogP contribution in [0.3, 0.4) is 0 Å². The number of pyridine rings is 1. The molecule has 0 saturated carbocycles. The highest BCUT2D eigenvalue weighted by atomic mass is 19.1. The topological polar surface area (TPSA) is 12.9 Å². The molecule has 1 heterocycles. The lowest BCUT2D eigenvalue weighted by Crippen LogP contribution is -1.95. The van der Waals surface area contributed by atoms with Gasteiger partial charge in [-0.3, -0.25) is 4.98 Å². The van der Waals surface area contributed by atoms with Crippen molar-refractivity contribution >= 4 is 10.8 Å². The first kappa shape index (κ1) is 11.8. The summed E-state index contributed by atoms with van der Waals surface area (Å²) in [6.45, 7) is -0.508. The Morgan fingerprint density at radius 1 is 0.789 bits per heavy atom. The first-order valence-corrected chi connectivity index (χ1v) is 6.33. The third kappa shape index (κ3) is 2.63. The van der Waals surface area contributed by atoms with Gasteiger partial charge in [0.25, 0.3) is 0 Å². The number of hydrogen-bond acceptors (Lipinski definition) is 1. The molecular formula is C17H14FN. The summed E-state index contributed by atoms with van der Waals surface area (Å²) >= 11 is 0. The van der Waals surface area contributed by atoms with Gasteiger partial charge in [-0.05, 0) is 28.5 Å². The highest BCUT2D eigenvalue weighted by Gasteiger charge is 2.01. The van der Waals surface area contributed by atoms with Gasteiger partial charge in [-0.1, -0.05) is 48.5 Å². The van der Waals surface area contributed by atoms with E-state index in [9.17, 15) is 4.39 Å². The monoisotopic (exact) mass is 251 g/mol. The molecule has 19 heavy (non-hydrogen) atoms. The molecule has 1 nitrogen and oxygen atoms in total. The highest BCUT2D eigenvalue weighted by Crippen LogP contribution is 2.17. The predicted octanol–water partition coefficient (Wildman–Crippen LogP) is 4.30. The molecule has 3 aromatic rings. The minimum atomic E-state index is -0.508. The van der Waals surface area contributed by atoms with Crippen molar-refractivity contribution in [3.05, 3.63) is 77.6 Å². The molecule has 2 aromatic carbocycles. The number of aromatic nitrogens is 1. The molecule has 0 spiro atoms. The lowest BCUT2D eigenvalue weighted by Gasteiger charge is -2.04. The molecule has 0 N–H and O–H groups in total. The van der Waals surface area contributed by atoms with E-state index in [4.69, 9.17) is 0 Å². The molecule has 0 saturated heterocycles. The molecule has 1 aromatic heterocycles. The summed E-state index contributed by atoms with van der Waals surface area (Å²) in [6, 6.07) is 20.2. The van der Waals surface area contributed by atoms with Gasteiger partial charge in [-0.15, -0.1) is 0 Å². The molecular weight excluding hydrogens is 237 g/mol. The van der Waals surface area contributed by atoms with Gasteiger partial charge in [-0.25, -0.2) is 4.39 Å². The zero-order valence-corrected chi connectivity index (χ0v) is 10.5. The van der Waals surface area contributed by atoms with Crippen LogP contribution < -0.4 is 0 Å². The van der Waals surface area contributed by atoms with E-state index in [1.54, 1.807) is 6.07 Å². The van der Waals surface area contributed by atoms with Crippen LogP contribution in [0.2, 0.25) is 0 Å².